The molecular weight excluding hydrogens is 248 g/mol. The third kappa shape index (κ3) is 2.96. The number of nitrogens with two attached hydrogens (primary N) is 1. The first kappa shape index (κ1) is 12.8. The normalized spacial score (nSPS) is 10.6. The Hall–Kier alpha value is -1.68. The predicted molar refractivity (Wildman–Crippen MR) is 76.0 cm³/mol. The molecule has 0 unspecified atom stereocenters. The van der Waals surface area contributed by atoms with E-state index in [1.165, 1.54) is 5.56 Å². The van der Waals surface area contributed by atoms with Crippen molar-refractivity contribution in [1.29, 1.82) is 0 Å². The molecular formula is C13H17ClN4. The van der Waals surface area contributed by atoms with E-state index in [4.69, 9.17) is 17.3 Å². The van der Waals surface area contributed by atoms with Crippen molar-refractivity contribution in [3.05, 3.63) is 40.7 Å². The molecule has 0 bridgehead atoms. The fourth-order valence-electron chi connectivity index (χ4n) is 1.85. The average Bonchev–Trinajstić information content (AvgIpc) is 2.73. The number of aromatic amines is 1. The van der Waals surface area contributed by atoms with Gasteiger partial charge in [-0.25, -0.2) is 0 Å². The summed E-state index contributed by atoms with van der Waals surface area (Å²) in [7, 11) is 0. The molecule has 2 aromatic rings. The monoisotopic (exact) mass is 264 g/mol. The minimum atomic E-state index is 0.662. The first-order chi connectivity index (χ1) is 8.68. The Morgan fingerprint density at radius 2 is 2.28 bits per heavy atom. The maximum atomic E-state index is 6.08. The Bertz CT molecular complexity index is 501. The SMILES string of the molecule is Cc1[nH]ncc1CCCNc1c(N)cccc1Cl. The van der Waals surface area contributed by atoms with Gasteiger partial charge < -0.3 is 11.1 Å². The molecule has 0 fully saturated rings. The van der Waals surface area contributed by atoms with Gasteiger partial charge in [0.1, 0.15) is 0 Å². The van der Waals surface area contributed by atoms with Crippen LogP contribution in [0.4, 0.5) is 11.4 Å². The zero-order chi connectivity index (χ0) is 13.0. The lowest BCUT2D eigenvalue weighted by atomic mass is 10.1. The van der Waals surface area contributed by atoms with E-state index in [2.05, 4.69) is 15.5 Å². The third-order valence-electron chi connectivity index (χ3n) is 2.90. The van der Waals surface area contributed by atoms with Gasteiger partial charge in [-0.2, -0.15) is 5.10 Å². The summed E-state index contributed by atoms with van der Waals surface area (Å²) in [6.07, 6.45) is 3.86. The molecule has 0 radical (unpaired) electrons. The number of aryl methyl sites for hydroxylation is 2. The minimum Gasteiger partial charge on any atom is -0.397 e. The summed E-state index contributed by atoms with van der Waals surface area (Å²) in [6, 6.07) is 5.52. The number of hydrogen-bond acceptors (Lipinski definition) is 3. The molecule has 0 atom stereocenters. The number of aromatic nitrogens is 2. The molecule has 0 spiro atoms. The summed E-state index contributed by atoms with van der Waals surface area (Å²) in [5.41, 5.74) is 9.75. The maximum Gasteiger partial charge on any atom is 0.0763 e. The van der Waals surface area contributed by atoms with Crippen molar-refractivity contribution in [2.75, 3.05) is 17.6 Å². The van der Waals surface area contributed by atoms with Gasteiger partial charge in [0.2, 0.25) is 0 Å². The second-order valence-electron chi connectivity index (χ2n) is 4.25. The molecule has 0 aliphatic heterocycles. The molecule has 4 N–H and O–H groups in total. The number of nitrogens with one attached hydrogen (secondary N) is 2. The summed E-state index contributed by atoms with van der Waals surface area (Å²) in [4.78, 5) is 0. The molecule has 4 nitrogen and oxygen atoms in total. The van der Waals surface area contributed by atoms with Crippen LogP contribution >= 0.6 is 11.6 Å². The largest absolute Gasteiger partial charge is 0.397 e. The van der Waals surface area contributed by atoms with Gasteiger partial charge in [-0.05, 0) is 37.5 Å². The number of nitrogen functional groups attached to an aromatic ring is 1. The highest BCUT2D eigenvalue weighted by atomic mass is 35.5. The fraction of sp³-hybridized carbons (Fsp3) is 0.308. The molecule has 0 aliphatic carbocycles. The number of H-pyrrole nitrogens is 1. The van der Waals surface area contributed by atoms with E-state index in [0.29, 0.717) is 10.7 Å². The lowest BCUT2D eigenvalue weighted by Crippen LogP contribution is -2.06. The highest BCUT2D eigenvalue weighted by Gasteiger charge is 2.04. The molecule has 1 aromatic heterocycles. The van der Waals surface area contributed by atoms with Gasteiger partial charge in [-0.3, -0.25) is 5.10 Å². The quantitative estimate of drug-likeness (QED) is 0.574. The first-order valence-electron chi connectivity index (χ1n) is 5.95. The van der Waals surface area contributed by atoms with Crippen molar-refractivity contribution in [2.45, 2.75) is 19.8 Å². The number of nitrogens with zero attached hydrogens (tertiary/aromatic N) is 1. The molecule has 0 saturated carbocycles. The highest BCUT2D eigenvalue weighted by Crippen LogP contribution is 2.27. The van der Waals surface area contributed by atoms with Gasteiger partial charge in [0.05, 0.1) is 22.6 Å². The Balaban J connectivity index is 1.84. The third-order valence-corrected chi connectivity index (χ3v) is 3.22. The zero-order valence-corrected chi connectivity index (χ0v) is 11.1. The molecule has 2 rings (SSSR count). The fourth-order valence-corrected chi connectivity index (χ4v) is 2.10. The van der Waals surface area contributed by atoms with Crippen LogP contribution in [0.15, 0.2) is 24.4 Å². The van der Waals surface area contributed by atoms with E-state index in [-0.39, 0.29) is 0 Å². The van der Waals surface area contributed by atoms with Gasteiger partial charge in [-0.1, -0.05) is 17.7 Å². The lowest BCUT2D eigenvalue weighted by molar-refractivity contribution is 0.857. The van der Waals surface area contributed by atoms with Crippen LogP contribution < -0.4 is 11.1 Å². The van der Waals surface area contributed by atoms with E-state index in [1.807, 2.05) is 31.3 Å². The van der Waals surface area contributed by atoms with E-state index in [1.54, 1.807) is 0 Å². The van der Waals surface area contributed by atoms with Crippen molar-refractivity contribution in [3.63, 3.8) is 0 Å². The Morgan fingerprint density at radius 1 is 1.44 bits per heavy atom. The van der Waals surface area contributed by atoms with Crippen LogP contribution in [0.2, 0.25) is 5.02 Å². The smallest absolute Gasteiger partial charge is 0.0763 e. The summed E-state index contributed by atoms with van der Waals surface area (Å²) < 4.78 is 0. The van der Waals surface area contributed by atoms with Gasteiger partial charge in [0, 0.05) is 12.2 Å². The van der Waals surface area contributed by atoms with Crippen LogP contribution in [-0.2, 0) is 6.42 Å². The van der Waals surface area contributed by atoms with E-state index < -0.39 is 0 Å². The van der Waals surface area contributed by atoms with Gasteiger partial charge in [0.25, 0.3) is 0 Å². The second kappa shape index (κ2) is 5.78. The molecule has 0 amide bonds. The number of anilines is 2. The minimum absolute atomic E-state index is 0.662. The number of halogens is 1. The van der Waals surface area contributed by atoms with Crippen molar-refractivity contribution < 1.29 is 0 Å². The van der Waals surface area contributed by atoms with Crippen LogP contribution in [0.25, 0.3) is 0 Å². The van der Waals surface area contributed by atoms with Crippen LogP contribution in [0.5, 0.6) is 0 Å². The Labute approximate surface area is 112 Å². The Kier molecular flexibility index (Phi) is 4.10. The molecule has 0 saturated heterocycles. The van der Waals surface area contributed by atoms with Gasteiger partial charge in [-0.15, -0.1) is 0 Å². The van der Waals surface area contributed by atoms with E-state index >= 15 is 0 Å². The van der Waals surface area contributed by atoms with Crippen molar-refractivity contribution in [3.8, 4) is 0 Å². The van der Waals surface area contributed by atoms with Crippen LogP contribution in [0, 0.1) is 6.92 Å². The number of para-hydroxylation sites is 1. The standard InChI is InChI=1S/C13H17ClN4/c1-9-10(8-17-18-9)4-3-7-16-13-11(14)5-2-6-12(13)15/h2,5-6,8,16H,3-4,7,15H2,1H3,(H,17,18). The van der Waals surface area contributed by atoms with Crippen molar-refractivity contribution >= 4 is 23.0 Å². The molecule has 18 heavy (non-hydrogen) atoms. The van der Waals surface area contributed by atoms with Gasteiger partial charge in [0.15, 0.2) is 0 Å². The van der Waals surface area contributed by atoms with Crippen LogP contribution in [0.3, 0.4) is 0 Å². The molecule has 96 valence electrons. The maximum absolute atomic E-state index is 6.08. The lowest BCUT2D eigenvalue weighted by Gasteiger charge is -2.10. The summed E-state index contributed by atoms with van der Waals surface area (Å²) in [6.45, 7) is 2.86. The summed E-state index contributed by atoms with van der Waals surface area (Å²) in [5.74, 6) is 0. The number of benzene rings is 1. The molecule has 5 heteroatoms. The molecule has 0 aliphatic rings. The average molecular weight is 265 g/mol. The summed E-state index contributed by atoms with van der Waals surface area (Å²) in [5, 5.41) is 10.9. The van der Waals surface area contributed by atoms with Crippen molar-refractivity contribution in [2.24, 2.45) is 0 Å². The topological polar surface area (TPSA) is 66.7 Å². The van der Waals surface area contributed by atoms with E-state index in [0.717, 1.165) is 30.8 Å². The van der Waals surface area contributed by atoms with Crippen molar-refractivity contribution in [1.82, 2.24) is 10.2 Å². The van der Waals surface area contributed by atoms with Crippen LogP contribution in [-0.4, -0.2) is 16.7 Å². The second-order valence-corrected chi connectivity index (χ2v) is 4.66. The van der Waals surface area contributed by atoms with E-state index in [9.17, 15) is 0 Å². The Morgan fingerprint density at radius 3 is 2.94 bits per heavy atom. The number of rotatable bonds is 5. The first-order valence-corrected chi connectivity index (χ1v) is 6.33. The predicted octanol–water partition coefficient (Wildman–Crippen LogP) is 3.00. The van der Waals surface area contributed by atoms with Crippen LogP contribution in [0.1, 0.15) is 17.7 Å². The molecule has 1 heterocycles. The van der Waals surface area contributed by atoms with Gasteiger partial charge >= 0.3 is 0 Å². The molecule has 1 aromatic carbocycles. The summed E-state index contributed by atoms with van der Waals surface area (Å²) >= 11 is 6.08. The highest BCUT2D eigenvalue weighted by molar-refractivity contribution is 6.33. The zero-order valence-electron chi connectivity index (χ0n) is 10.3. The number of hydrogen-bond donors (Lipinski definition) is 3.